The monoisotopic (exact) mass is 470 g/mol. The number of amides is 3. The van der Waals surface area contributed by atoms with E-state index in [9.17, 15) is 18.4 Å². The molecule has 0 saturated carbocycles. The third kappa shape index (κ3) is 4.18. The maximum atomic E-state index is 13.8. The third-order valence-corrected chi connectivity index (χ3v) is 7.20. The Bertz CT molecular complexity index is 1060. The Balaban J connectivity index is 1.35. The molecule has 0 aliphatic carbocycles. The number of urea groups is 1. The Hall–Kier alpha value is -2.91. The summed E-state index contributed by atoms with van der Waals surface area (Å²) in [7, 11) is 0. The lowest BCUT2D eigenvalue weighted by molar-refractivity contribution is -0.135. The first-order valence-electron chi connectivity index (χ1n) is 11.8. The van der Waals surface area contributed by atoms with Crippen LogP contribution in [0.3, 0.4) is 0 Å². The quantitative estimate of drug-likeness (QED) is 0.657. The van der Waals surface area contributed by atoms with Crippen molar-refractivity contribution in [2.24, 2.45) is 5.92 Å². The van der Waals surface area contributed by atoms with Gasteiger partial charge in [0, 0.05) is 19.3 Å². The highest BCUT2D eigenvalue weighted by molar-refractivity contribution is 6.07. The lowest BCUT2D eigenvalue weighted by Crippen LogP contribution is -2.54. The molecule has 3 aliphatic heterocycles. The minimum atomic E-state index is -1.22. The molecule has 1 aromatic heterocycles. The average molecular weight is 471 g/mol. The molecule has 0 unspecified atom stereocenters. The van der Waals surface area contributed by atoms with Crippen LogP contribution < -0.4 is 5.32 Å². The zero-order chi connectivity index (χ0) is 23.7. The number of carbonyl (C=O) groups excluding carboxylic acids is 2. The van der Waals surface area contributed by atoms with Crippen molar-refractivity contribution in [3.8, 4) is 0 Å². The summed E-state index contributed by atoms with van der Waals surface area (Å²) in [6.45, 7) is 2.70. The van der Waals surface area contributed by atoms with Crippen LogP contribution in [-0.2, 0) is 21.6 Å². The second-order valence-corrected chi connectivity index (χ2v) is 9.30. The number of aromatic nitrogens is 1. The maximum Gasteiger partial charge on any atom is 0.325 e. The van der Waals surface area contributed by atoms with E-state index >= 15 is 0 Å². The first kappa shape index (κ1) is 22.9. The van der Waals surface area contributed by atoms with Gasteiger partial charge in [-0.1, -0.05) is 12.1 Å². The summed E-state index contributed by atoms with van der Waals surface area (Å²) < 4.78 is 32.5. The van der Waals surface area contributed by atoms with E-state index in [2.05, 4.69) is 15.2 Å². The fraction of sp³-hybridized carbons (Fsp3) is 0.480. The number of nitrogens with one attached hydrogen (secondary N) is 1. The molecule has 7 nitrogen and oxygen atoms in total. The molecule has 9 heteroatoms. The largest absolute Gasteiger partial charge is 0.376 e. The number of pyridine rings is 1. The molecule has 3 amide bonds. The van der Waals surface area contributed by atoms with Crippen LogP contribution in [0.4, 0.5) is 13.6 Å². The van der Waals surface area contributed by atoms with Crippen molar-refractivity contribution >= 4 is 11.9 Å². The second kappa shape index (κ2) is 9.38. The van der Waals surface area contributed by atoms with E-state index < -0.39 is 23.2 Å². The number of rotatable bonds is 6. The minimum Gasteiger partial charge on any atom is -0.376 e. The Kier molecular flexibility index (Phi) is 6.31. The summed E-state index contributed by atoms with van der Waals surface area (Å²) >= 11 is 0. The molecule has 0 radical (unpaired) electrons. The van der Waals surface area contributed by atoms with E-state index in [0.29, 0.717) is 50.3 Å². The normalized spacial score (nSPS) is 26.3. The molecule has 0 spiro atoms. The van der Waals surface area contributed by atoms with E-state index in [0.717, 1.165) is 18.9 Å². The standard InChI is InChI=1S/C25H28F2N4O3/c26-20-7-6-17(14-21(20)27)15-30-11-8-18(9-12-30)25(22-5-1-2-10-28-22)23(32)31(24(33)29-25)16-19-4-3-13-34-19/h1-2,5-7,10,14,18-19H,3-4,8-9,11-13,15-16H2,(H,29,33)/t19-,25+/m1/s1. The molecular formula is C25H28F2N4O3. The van der Waals surface area contributed by atoms with Gasteiger partial charge in [0.05, 0.1) is 18.3 Å². The molecule has 180 valence electrons. The number of halogens is 2. The maximum absolute atomic E-state index is 13.8. The van der Waals surface area contributed by atoms with Gasteiger partial charge >= 0.3 is 6.03 Å². The van der Waals surface area contributed by atoms with Gasteiger partial charge in [-0.2, -0.15) is 0 Å². The predicted octanol–water partition coefficient (Wildman–Crippen LogP) is 3.20. The molecule has 4 heterocycles. The first-order valence-corrected chi connectivity index (χ1v) is 11.8. The molecule has 3 saturated heterocycles. The van der Waals surface area contributed by atoms with Crippen LogP contribution in [-0.4, -0.2) is 59.1 Å². The van der Waals surface area contributed by atoms with E-state index in [4.69, 9.17) is 4.74 Å². The Morgan fingerprint density at radius 1 is 1.09 bits per heavy atom. The van der Waals surface area contributed by atoms with Gasteiger partial charge in [0.2, 0.25) is 0 Å². The van der Waals surface area contributed by atoms with Gasteiger partial charge in [0.1, 0.15) is 0 Å². The summed E-state index contributed by atoms with van der Waals surface area (Å²) in [6.07, 6.45) is 4.57. The summed E-state index contributed by atoms with van der Waals surface area (Å²) in [5, 5.41) is 3.02. The molecule has 1 aromatic carbocycles. The Morgan fingerprint density at radius 3 is 2.59 bits per heavy atom. The Labute approximate surface area is 197 Å². The predicted molar refractivity (Wildman–Crippen MR) is 119 cm³/mol. The van der Waals surface area contributed by atoms with Crippen molar-refractivity contribution in [1.82, 2.24) is 20.1 Å². The van der Waals surface area contributed by atoms with E-state index in [-0.39, 0.29) is 24.5 Å². The van der Waals surface area contributed by atoms with Gasteiger partial charge in [-0.3, -0.25) is 19.6 Å². The van der Waals surface area contributed by atoms with Crippen LogP contribution in [0.1, 0.15) is 36.9 Å². The van der Waals surface area contributed by atoms with Gasteiger partial charge in [-0.15, -0.1) is 0 Å². The molecule has 1 N–H and O–H groups in total. The van der Waals surface area contributed by atoms with Crippen LogP contribution in [0.25, 0.3) is 0 Å². The fourth-order valence-electron chi connectivity index (χ4n) is 5.43. The number of nitrogens with zero attached hydrogens (tertiary/aromatic N) is 3. The zero-order valence-corrected chi connectivity index (χ0v) is 18.9. The van der Waals surface area contributed by atoms with E-state index in [1.54, 1.807) is 24.4 Å². The number of likely N-dealkylation sites (tertiary alicyclic amines) is 1. The number of hydrogen-bond donors (Lipinski definition) is 1. The fourth-order valence-corrected chi connectivity index (χ4v) is 5.43. The van der Waals surface area contributed by atoms with Crippen molar-refractivity contribution in [2.75, 3.05) is 26.2 Å². The summed E-state index contributed by atoms with van der Waals surface area (Å²) in [4.78, 5) is 34.7. The lowest BCUT2D eigenvalue weighted by Gasteiger charge is -2.40. The van der Waals surface area contributed by atoms with Crippen molar-refractivity contribution in [1.29, 1.82) is 0 Å². The van der Waals surface area contributed by atoms with Crippen LogP contribution in [0.15, 0.2) is 42.6 Å². The molecule has 3 fully saturated rings. The minimum absolute atomic E-state index is 0.132. The van der Waals surface area contributed by atoms with Gasteiger partial charge in [-0.25, -0.2) is 13.6 Å². The van der Waals surface area contributed by atoms with Gasteiger partial charge < -0.3 is 10.1 Å². The van der Waals surface area contributed by atoms with Crippen LogP contribution in [0.2, 0.25) is 0 Å². The number of benzene rings is 1. The average Bonchev–Trinajstić information content (AvgIpc) is 3.45. The van der Waals surface area contributed by atoms with Crippen molar-refractivity contribution in [2.45, 2.75) is 43.9 Å². The zero-order valence-electron chi connectivity index (χ0n) is 18.9. The molecule has 3 aliphatic rings. The number of carbonyl (C=O) groups is 2. The number of imide groups is 1. The summed E-state index contributed by atoms with van der Waals surface area (Å²) in [5.41, 5.74) is 0.0254. The summed E-state index contributed by atoms with van der Waals surface area (Å²) in [5.74, 6) is -2.13. The van der Waals surface area contributed by atoms with Crippen molar-refractivity contribution in [3.05, 3.63) is 65.5 Å². The smallest absolute Gasteiger partial charge is 0.325 e. The van der Waals surface area contributed by atoms with E-state index in [1.807, 2.05) is 6.07 Å². The van der Waals surface area contributed by atoms with E-state index in [1.165, 1.54) is 11.0 Å². The van der Waals surface area contributed by atoms with Crippen LogP contribution >= 0.6 is 0 Å². The second-order valence-electron chi connectivity index (χ2n) is 9.30. The highest BCUT2D eigenvalue weighted by atomic mass is 19.2. The first-order chi connectivity index (χ1) is 16.5. The van der Waals surface area contributed by atoms with Gasteiger partial charge in [0.15, 0.2) is 17.2 Å². The van der Waals surface area contributed by atoms with Crippen LogP contribution in [0.5, 0.6) is 0 Å². The molecule has 2 aromatic rings. The number of hydrogen-bond acceptors (Lipinski definition) is 5. The SMILES string of the molecule is O=C1N[C@](c2ccccn2)(C2CCN(Cc3ccc(F)c(F)c3)CC2)C(=O)N1C[C@H]1CCCO1. The van der Waals surface area contributed by atoms with Gasteiger partial charge in [-0.05, 0) is 74.5 Å². The molecule has 34 heavy (non-hydrogen) atoms. The van der Waals surface area contributed by atoms with Crippen LogP contribution in [0, 0.1) is 17.6 Å². The summed E-state index contributed by atoms with van der Waals surface area (Å²) in [6, 6.07) is 8.95. The molecule has 0 bridgehead atoms. The third-order valence-electron chi connectivity index (χ3n) is 7.20. The topological polar surface area (TPSA) is 74.8 Å². The lowest BCUT2D eigenvalue weighted by atomic mass is 9.75. The molecule has 5 rings (SSSR count). The van der Waals surface area contributed by atoms with Crippen molar-refractivity contribution in [3.63, 3.8) is 0 Å². The Morgan fingerprint density at radius 2 is 1.91 bits per heavy atom. The van der Waals surface area contributed by atoms with Gasteiger partial charge in [0.25, 0.3) is 5.91 Å². The number of piperidine rings is 1. The van der Waals surface area contributed by atoms with Crippen molar-refractivity contribution < 1.29 is 23.1 Å². The molecule has 2 atom stereocenters. The number of ether oxygens (including phenoxy) is 1. The highest BCUT2D eigenvalue weighted by Gasteiger charge is 2.58. The molecular weight excluding hydrogens is 442 g/mol. The highest BCUT2D eigenvalue weighted by Crippen LogP contribution is 2.41.